The van der Waals surface area contributed by atoms with Crippen molar-refractivity contribution in [1.82, 2.24) is 10.1 Å². The van der Waals surface area contributed by atoms with Crippen LogP contribution in [0.15, 0.2) is 34.9 Å². The summed E-state index contributed by atoms with van der Waals surface area (Å²) in [6.45, 7) is 7.96. The van der Waals surface area contributed by atoms with E-state index in [1.54, 1.807) is 18.2 Å². The zero-order valence-electron chi connectivity index (χ0n) is 16.7. The SMILES string of the molecule is CC1(C)C[C@H]2C[C@@](C)(CN2C(=O)COCc2cc(-c3ccc(F)cc3)on2)C1. The number of amides is 1. The number of hydrogen-bond donors (Lipinski definition) is 0. The Bertz CT molecular complexity index is 861. The van der Waals surface area contributed by atoms with Gasteiger partial charge in [0.15, 0.2) is 5.76 Å². The normalized spacial score (nSPS) is 25.9. The number of aromatic nitrogens is 1. The van der Waals surface area contributed by atoms with Gasteiger partial charge in [-0.15, -0.1) is 0 Å². The number of fused-ring (bicyclic) bond motifs is 2. The second-order valence-electron chi connectivity index (χ2n) is 9.42. The molecule has 2 heterocycles. The van der Waals surface area contributed by atoms with Crippen LogP contribution in [0.3, 0.4) is 0 Å². The van der Waals surface area contributed by atoms with Gasteiger partial charge in [0, 0.05) is 24.2 Å². The van der Waals surface area contributed by atoms with Crippen LogP contribution in [0.2, 0.25) is 0 Å². The molecule has 1 saturated carbocycles. The predicted molar refractivity (Wildman–Crippen MR) is 103 cm³/mol. The third-order valence-electron chi connectivity index (χ3n) is 5.90. The van der Waals surface area contributed by atoms with Crippen molar-refractivity contribution >= 4 is 5.91 Å². The molecule has 0 N–H and O–H groups in total. The first-order valence-electron chi connectivity index (χ1n) is 9.82. The van der Waals surface area contributed by atoms with Gasteiger partial charge < -0.3 is 14.2 Å². The molecule has 1 aliphatic heterocycles. The van der Waals surface area contributed by atoms with Crippen molar-refractivity contribution in [3.05, 3.63) is 41.8 Å². The maximum Gasteiger partial charge on any atom is 0.248 e. The van der Waals surface area contributed by atoms with E-state index in [1.807, 2.05) is 4.90 Å². The lowest BCUT2D eigenvalue weighted by atomic mass is 9.65. The molecule has 0 unspecified atom stereocenters. The van der Waals surface area contributed by atoms with Crippen molar-refractivity contribution in [3.8, 4) is 11.3 Å². The standard InChI is InChI=1S/C22H27FN2O3/c1-21(2)9-18-10-22(3,13-21)14-25(18)20(26)12-27-11-17-8-19(28-24-17)15-4-6-16(23)7-5-15/h4-8,18H,9-14H2,1-3H3/t18-,22+/m0/s1. The molecule has 6 heteroatoms. The monoisotopic (exact) mass is 386 g/mol. The Balaban J connectivity index is 1.31. The number of carbonyl (C=O) groups is 1. The molecule has 0 spiro atoms. The molecule has 2 aromatic rings. The maximum absolute atomic E-state index is 13.0. The first-order chi connectivity index (χ1) is 13.2. The van der Waals surface area contributed by atoms with Gasteiger partial charge in [-0.3, -0.25) is 4.79 Å². The molecule has 1 saturated heterocycles. The van der Waals surface area contributed by atoms with E-state index < -0.39 is 0 Å². The van der Waals surface area contributed by atoms with Gasteiger partial charge in [0.05, 0.1) is 6.61 Å². The van der Waals surface area contributed by atoms with Gasteiger partial charge in [-0.2, -0.15) is 0 Å². The van der Waals surface area contributed by atoms with Gasteiger partial charge in [-0.05, 0) is 54.4 Å². The minimum Gasteiger partial charge on any atom is -0.365 e. The summed E-state index contributed by atoms with van der Waals surface area (Å²) in [4.78, 5) is 14.7. The van der Waals surface area contributed by atoms with E-state index in [0.29, 0.717) is 17.5 Å². The fourth-order valence-corrected chi connectivity index (χ4v) is 5.21. The van der Waals surface area contributed by atoms with E-state index in [2.05, 4.69) is 25.9 Å². The van der Waals surface area contributed by atoms with Crippen LogP contribution in [-0.4, -0.2) is 35.2 Å². The lowest BCUT2D eigenvalue weighted by molar-refractivity contribution is -0.137. The molecular formula is C22H27FN2O3. The Morgan fingerprint density at radius 2 is 2.04 bits per heavy atom. The molecule has 2 bridgehead atoms. The summed E-state index contributed by atoms with van der Waals surface area (Å²) in [5.74, 6) is 0.302. The molecule has 4 rings (SSSR count). The minimum atomic E-state index is -0.297. The van der Waals surface area contributed by atoms with Crippen LogP contribution in [0.5, 0.6) is 0 Å². The smallest absolute Gasteiger partial charge is 0.248 e. The quantitative estimate of drug-likeness (QED) is 0.763. The van der Waals surface area contributed by atoms with E-state index in [4.69, 9.17) is 9.26 Å². The molecule has 2 aliphatic rings. The Morgan fingerprint density at radius 3 is 2.79 bits per heavy atom. The topological polar surface area (TPSA) is 55.6 Å². The summed E-state index contributed by atoms with van der Waals surface area (Å²) in [5, 5.41) is 3.97. The molecule has 28 heavy (non-hydrogen) atoms. The molecule has 2 atom stereocenters. The Kier molecular flexibility index (Phi) is 4.78. The molecule has 1 aliphatic carbocycles. The molecule has 0 radical (unpaired) electrons. The highest BCUT2D eigenvalue weighted by Gasteiger charge is 2.50. The van der Waals surface area contributed by atoms with Crippen LogP contribution in [-0.2, 0) is 16.1 Å². The second kappa shape index (κ2) is 6.99. The maximum atomic E-state index is 13.0. The van der Waals surface area contributed by atoms with Crippen molar-refractivity contribution in [2.24, 2.45) is 10.8 Å². The Hall–Kier alpha value is -2.21. The summed E-state index contributed by atoms with van der Waals surface area (Å²) < 4.78 is 23.9. The fourth-order valence-electron chi connectivity index (χ4n) is 5.21. The number of carbonyl (C=O) groups excluding carboxylic acids is 1. The molecule has 1 amide bonds. The van der Waals surface area contributed by atoms with Gasteiger partial charge in [0.1, 0.15) is 18.1 Å². The number of likely N-dealkylation sites (tertiary alicyclic amines) is 1. The summed E-state index contributed by atoms with van der Waals surface area (Å²) in [6.07, 6.45) is 3.30. The largest absolute Gasteiger partial charge is 0.365 e. The molecule has 5 nitrogen and oxygen atoms in total. The Labute approximate surface area is 164 Å². The first-order valence-corrected chi connectivity index (χ1v) is 9.82. The summed E-state index contributed by atoms with van der Waals surface area (Å²) in [6, 6.07) is 8.10. The molecule has 1 aromatic carbocycles. The van der Waals surface area contributed by atoms with E-state index >= 15 is 0 Å². The van der Waals surface area contributed by atoms with Crippen molar-refractivity contribution in [2.45, 2.75) is 52.7 Å². The highest BCUT2D eigenvalue weighted by atomic mass is 19.1. The number of ether oxygens (including phenoxy) is 1. The number of nitrogens with zero attached hydrogens (tertiary/aromatic N) is 2. The number of benzene rings is 1. The van der Waals surface area contributed by atoms with Crippen molar-refractivity contribution < 1.29 is 18.4 Å². The van der Waals surface area contributed by atoms with Crippen LogP contribution in [0.1, 0.15) is 45.7 Å². The van der Waals surface area contributed by atoms with Gasteiger partial charge in [0.25, 0.3) is 0 Å². The van der Waals surface area contributed by atoms with Crippen LogP contribution in [0.4, 0.5) is 4.39 Å². The van der Waals surface area contributed by atoms with Crippen LogP contribution in [0.25, 0.3) is 11.3 Å². The highest BCUT2D eigenvalue weighted by molar-refractivity contribution is 5.78. The summed E-state index contributed by atoms with van der Waals surface area (Å²) >= 11 is 0. The van der Waals surface area contributed by atoms with Gasteiger partial charge in [-0.25, -0.2) is 4.39 Å². The van der Waals surface area contributed by atoms with Gasteiger partial charge >= 0.3 is 0 Å². The third-order valence-corrected chi connectivity index (χ3v) is 5.90. The molecule has 150 valence electrons. The second-order valence-corrected chi connectivity index (χ2v) is 9.42. The minimum absolute atomic E-state index is 0.0474. The van der Waals surface area contributed by atoms with Crippen molar-refractivity contribution in [3.63, 3.8) is 0 Å². The zero-order valence-corrected chi connectivity index (χ0v) is 16.7. The van der Waals surface area contributed by atoms with E-state index in [1.165, 1.54) is 12.1 Å². The van der Waals surface area contributed by atoms with Crippen LogP contribution in [0, 0.1) is 16.6 Å². The van der Waals surface area contributed by atoms with Crippen molar-refractivity contribution in [1.29, 1.82) is 0 Å². The van der Waals surface area contributed by atoms with Crippen molar-refractivity contribution in [2.75, 3.05) is 13.2 Å². The predicted octanol–water partition coefficient (Wildman–Crippen LogP) is 4.42. The molecular weight excluding hydrogens is 359 g/mol. The first kappa shape index (κ1) is 19.1. The van der Waals surface area contributed by atoms with E-state index in [-0.39, 0.29) is 35.8 Å². The van der Waals surface area contributed by atoms with Gasteiger partial charge in [-0.1, -0.05) is 25.9 Å². The van der Waals surface area contributed by atoms with E-state index in [0.717, 1.165) is 31.4 Å². The summed E-state index contributed by atoms with van der Waals surface area (Å²) in [5.41, 5.74) is 1.86. The summed E-state index contributed by atoms with van der Waals surface area (Å²) in [7, 11) is 0. The lowest BCUT2D eigenvalue weighted by Gasteiger charge is -2.39. The van der Waals surface area contributed by atoms with Gasteiger partial charge in [0.2, 0.25) is 5.91 Å². The van der Waals surface area contributed by atoms with E-state index in [9.17, 15) is 9.18 Å². The zero-order chi connectivity index (χ0) is 19.9. The lowest BCUT2D eigenvalue weighted by Crippen LogP contribution is -2.39. The number of rotatable bonds is 5. The van der Waals surface area contributed by atoms with Crippen LogP contribution >= 0.6 is 0 Å². The third kappa shape index (κ3) is 3.97. The molecule has 2 fully saturated rings. The number of halogens is 1. The molecule has 1 aromatic heterocycles. The highest BCUT2D eigenvalue weighted by Crippen LogP contribution is 2.52. The number of hydrogen-bond acceptors (Lipinski definition) is 4. The average Bonchev–Trinajstić information content (AvgIpc) is 3.16. The Morgan fingerprint density at radius 1 is 1.29 bits per heavy atom. The average molecular weight is 386 g/mol. The van der Waals surface area contributed by atoms with Crippen LogP contribution < -0.4 is 0 Å². The fraction of sp³-hybridized carbons (Fsp3) is 0.545.